The van der Waals surface area contributed by atoms with Gasteiger partial charge < -0.3 is 9.47 Å². The summed E-state index contributed by atoms with van der Waals surface area (Å²) in [5, 5.41) is 0. The summed E-state index contributed by atoms with van der Waals surface area (Å²) in [5.41, 5.74) is 3.25. The second kappa shape index (κ2) is 4.91. The summed E-state index contributed by atoms with van der Waals surface area (Å²) >= 11 is 0. The zero-order valence-electron chi connectivity index (χ0n) is 10.1. The van der Waals surface area contributed by atoms with Gasteiger partial charge in [0.2, 0.25) is 0 Å². The van der Waals surface area contributed by atoms with Gasteiger partial charge in [0.15, 0.2) is 11.5 Å². The summed E-state index contributed by atoms with van der Waals surface area (Å²) in [6.45, 7) is 3.87. The summed E-state index contributed by atoms with van der Waals surface area (Å²) in [6, 6.07) is 14.0. The molecule has 0 bridgehead atoms. The molecular formula is C15H15O2. The van der Waals surface area contributed by atoms with Crippen molar-refractivity contribution >= 4 is 0 Å². The molecule has 2 heteroatoms. The van der Waals surface area contributed by atoms with Crippen LogP contribution in [0.2, 0.25) is 0 Å². The summed E-state index contributed by atoms with van der Waals surface area (Å²) in [6.07, 6.45) is 0. The van der Waals surface area contributed by atoms with Crippen LogP contribution in [0.3, 0.4) is 0 Å². The first-order valence-electron chi connectivity index (χ1n) is 5.39. The van der Waals surface area contributed by atoms with Crippen LogP contribution in [0, 0.1) is 6.92 Å². The molecule has 1 radical (unpaired) electrons. The second-order valence-corrected chi connectivity index (χ2v) is 3.77. The Balaban J connectivity index is 2.42. The molecule has 0 aliphatic heterocycles. The lowest BCUT2D eigenvalue weighted by Crippen LogP contribution is -1.90. The van der Waals surface area contributed by atoms with Crippen LogP contribution in [-0.4, -0.2) is 14.2 Å². The Kier molecular flexibility index (Phi) is 3.33. The number of rotatable bonds is 3. The van der Waals surface area contributed by atoms with Crippen molar-refractivity contribution < 1.29 is 9.47 Å². The monoisotopic (exact) mass is 227 g/mol. The number of benzene rings is 2. The summed E-state index contributed by atoms with van der Waals surface area (Å²) in [4.78, 5) is 0. The molecule has 87 valence electrons. The van der Waals surface area contributed by atoms with Crippen LogP contribution in [0.5, 0.6) is 11.5 Å². The fraction of sp³-hybridized carbons (Fsp3) is 0.133. The minimum atomic E-state index is 0.740. The highest BCUT2D eigenvalue weighted by atomic mass is 16.5. The maximum absolute atomic E-state index is 5.28. The van der Waals surface area contributed by atoms with E-state index >= 15 is 0 Å². The third kappa shape index (κ3) is 2.41. The van der Waals surface area contributed by atoms with E-state index in [4.69, 9.17) is 9.47 Å². The Morgan fingerprint density at radius 1 is 0.765 bits per heavy atom. The minimum Gasteiger partial charge on any atom is -0.493 e. The summed E-state index contributed by atoms with van der Waals surface area (Å²) in [7, 11) is 3.27. The highest BCUT2D eigenvalue weighted by molar-refractivity contribution is 5.67. The van der Waals surface area contributed by atoms with Crippen molar-refractivity contribution in [2.24, 2.45) is 0 Å². The molecule has 2 aromatic carbocycles. The first-order valence-corrected chi connectivity index (χ1v) is 5.39. The van der Waals surface area contributed by atoms with Gasteiger partial charge >= 0.3 is 0 Å². The van der Waals surface area contributed by atoms with E-state index in [9.17, 15) is 0 Å². The molecule has 0 spiro atoms. The molecule has 0 aromatic heterocycles. The third-order valence-electron chi connectivity index (χ3n) is 2.67. The third-order valence-corrected chi connectivity index (χ3v) is 2.67. The number of hydrogen-bond donors (Lipinski definition) is 0. The largest absolute Gasteiger partial charge is 0.493 e. The van der Waals surface area contributed by atoms with Crippen molar-refractivity contribution in [3.8, 4) is 22.6 Å². The van der Waals surface area contributed by atoms with E-state index < -0.39 is 0 Å². The fourth-order valence-electron chi connectivity index (χ4n) is 1.71. The van der Waals surface area contributed by atoms with Gasteiger partial charge in [-0.2, -0.15) is 0 Å². The van der Waals surface area contributed by atoms with Crippen LogP contribution in [0.15, 0.2) is 42.5 Å². The van der Waals surface area contributed by atoms with Crippen molar-refractivity contribution in [2.45, 2.75) is 0 Å². The zero-order valence-corrected chi connectivity index (χ0v) is 10.1. The van der Waals surface area contributed by atoms with Crippen molar-refractivity contribution in [1.29, 1.82) is 0 Å². The lowest BCUT2D eigenvalue weighted by Gasteiger charge is -2.09. The van der Waals surface area contributed by atoms with E-state index in [0.717, 1.165) is 28.2 Å². The van der Waals surface area contributed by atoms with Crippen molar-refractivity contribution in [1.82, 2.24) is 0 Å². The molecule has 0 amide bonds. The Morgan fingerprint density at radius 3 is 1.94 bits per heavy atom. The highest BCUT2D eigenvalue weighted by Gasteiger charge is 2.05. The second-order valence-electron chi connectivity index (χ2n) is 3.77. The Bertz CT molecular complexity index is 501. The van der Waals surface area contributed by atoms with E-state index in [-0.39, 0.29) is 0 Å². The van der Waals surface area contributed by atoms with Gasteiger partial charge in [0, 0.05) is 0 Å². The average molecular weight is 227 g/mol. The molecule has 0 fully saturated rings. The lowest BCUT2D eigenvalue weighted by molar-refractivity contribution is 0.355. The van der Waals surface area contributed by atoms with Crippen molar-refractivity contribution in [3.05, 3.63) is 55.0 Å². The van der Waals surface area contributed by atoms with E-state index in [1.165, 1.54) is 0 Å². The molecule has 0 aliphatic rings. The molecule has 0 aliphatic carbocycles. The van der Waals surface area contributed by atoms with E-state index in [2.05, 4.69) is 6.92 Å². The van der Waals surface area contributed by atoms with Crippen molar-refractivity contribution in [3.63, 3.8) is 0 Å². The SMILES string of the molecule is [CH2]c1ccc(-c2ccc(OC)c(OC)c2)cc1. The molecule has 2 rings (SSSR count). The lowest BCUT2D eigenvalue weighted by atomic mass is 10.0. The highest BCUT2D eigenvalue weighted by Crippen LogP contribution is 2.32. The Morgan fingerprint density at radius 2 is 1.35 bits per heavy atom. The maximum atomic E-state index is 5.28. The smallest absolute Gasteiger partial charge is 0.161 e. The van der Waals surface area contributed by atoms with Gasteiger partial charge in [-0.15, -0.1) is 0 Å². The molecule has 0 N–H and O–H groups in total. The standard InChI is InChI=1S/C15H15O2/c1-11-4-6-12(7-5-11)13-8-9-14(16-2)15(10-13)17-3/h4-10H,1H2,2-3H3. The summed E-state index contributed by atoms with van der Waals surface area (Å²) in [5.74, 6) is 1.48. The molecule has 0 saturated heterocycles. The zero-order chi connectivity index (χ0) is 12.3. The summed E-state index contributed by atoms with van der Waals surface area (Å²) < 4.78 is 10.5. The predicted molar refractivity (Wildman–Crippen MR) is 69.4 cm³/mol. The maximum Gasteiger partial charge on any atom is 0.161 e. The topological polar surface area (TPSA) is 18.5 Å². The van der Waals surface area contributed by atoms with Gasteiger partial charge in [-0.25, -0.2) is 0 Å². The van der Waals surface area contributed by atoms with Gasteiger partial charge in [-0.05, 0) is 35.7 Å². The Labute approximate surface area is 102 Å². The van der Waals surface area contributed by atoms with E-state index in [1.54, 1.807) is 14.2 Å². The van der Waals surface area contributed by atoms with Crippen LogP contribution in [-0.2, 0) is 0 Å². The van der Waals surface area contributed by atoms with E-state index in [1.807, 2.05) is 42.5 Å². The van der Waals surface area contributed by atoms with Crippen molar-refractivity contribution in [2.75, 3.05) is 14.2 Å². The van der Waals surface area contributed by atoms with Gasteiger partial charge in [0.1, 0.15) is 0 Å². The first-order chi connectivity index (χ1) is 8.24. The number of methoxy groups -OCH3 is 2. The van der Waals surface area contributed by atoms with Gasteiger partial charge in [0.25, 0.3) is 0 Å². The van der Waals surface area contributed by atoms with Crippen LogP contribution >= 0.6 is 0 Å². The molecule has 17 heavy (non-hydrogen) atoms. The Hall–Kier alpha value is -1.96. The molecule has 0 heterocycles. The van der Waals surface area contributed by atoms with Crippen LogP contribution in [0.1, 0.15) is 5.56 Å². The molecule has 0 unspecified atom stereocenters. The van der Waals surface area contributed by atoms with Gasteiger partial charge in [-0.1, -0.05) is 30.3 Å². The van der Waals surface area contributed by atoms with Crippen LogP contribution in [0.25, 0.3) is 11.1 Å². The normalized spacial score (nSPS) is 10.1. The molecule has 0 atom stereocenters. The molecular weight excluding hydrogens is 212 g/mol. The number of ether oxygens (including phenoxy) is 2. The first kappa shape index (κ1) is 11.5. The average Bonchev–Trinajstić information content (AvgIpc) is 2.39. The number of hydrogen-bond acceptors (Lipinski definition) is 2. The van der Waals surface area contributed by atoms with E-state index in [0.29, 0.717) is 0 Å². The van der Waals surface area contributed by atoms with Gasteiger partial charge in [-0.3, -0.25) is 0 Å². The molecule has 2 aromatic rings. The van der Waals surface area contributed by atoms with Gasteiger partial charge in [0.05, 0.1) is 14.2 Å². The predicted octanol–water partition coefficient (Wildman–Crippen LogP) is 3.55. The van der Waals surface area contributed by atoms with Crippen LogP contribution < -0.4 is 9.47 Å². The molecule has 2 nitrogen and oxygen atoms in total. The quantitative estimate of drug-likeness (QED) is 0.798. The molecule has 0 saturated carbocycles. The minimum absolute atomic E-state index is 0.740. The fourth-order valence-corrected chi connectivity index (χ4v) is 1.71. The van der Waals surface area contributed by atoms with Crippen LogP contribution in [0.4, 0.5) is 0 Å².